The molecule has 1 saturated heterocycles. The lowest BCUT2D eigenvalue weighted by atomic mass is 10.0. The molecule has 162 valence electrons. The molecule has 1 heterocycles. The summed E-state index contributed by atoms with van der Waals surface area (Å²) in [5.41, 5.74) is 2.19. The van der Waals surface area contributed by atoms with Gasteiger partial charge in [-0.25, -0.2) is 0 Å². The lowest BCUT2D eigenvalue weighted by Crippen LogP contribution is -2.36. The first kappa shape index (κ1) is 22.0. The number of benzene rings is 2. The second-order valence-electron chi connectivity index (χ2n) is 7.56. The highest BCUT2D eigenvalue weighted by Crippen LogP contribution is 2.27. The van der Waals surface area contributed by atoms with E-state index in [1.807, 2.05) is 30.3 Å². The van der Waals surface area contributed by atoms with E-state index in [1.165, 1.54) is 18.4 Å². The lowest BCUT2D eigenvalue weighted by molar-refractivity contribution is -0.121. The summed E-state index contributed by atoms with van der Waals surface area (Å²) < 4.78 is 16.0. The fourth-order valence-corrected chi connectivity index (χ4v) is 3.93. The molecule has 2 aromatic carbocycles. The van der Waals surface area contributed by atoms with Crippen LogP contribution in [0.25, 0.3) is 0 Å². The second-order valence-corrected chi connectivity index (χ2v) is 7.56. The molecular weight excluding hydrogens is 380 g/mol. The van der Waals surface area contributed by atoms with Crippen LogP contribution in [0.3, 0.4) is 0 Å². The van der Waals surface area contributed by atoms with E-state index in [-0.39, 0.29) is 11.9 Å². The van der Waals surface area contributed by atoms with Crippen LogP contribution < -0.4 is 19.5 Å². The molecule has 0 radical (unpaired) electrons. The third kappa shape index (κ3) is 5.89. The van der Waals surface area contributed by atoms with Gasteiger partial charge in [0.15, 0.2) is 0 Å². The molecule has 1 unspecified atom stereocenters. The van der Waals surface area contributed by atoms with Crippen molar-refractivity contribution in [3.63, 3.8) is 0 Å². The highest BCUT2D eigenvalue weighted by atomic mass is 16.5. The summed E-state index contributed by atoms with van der Waals surface area (Å²) in [6, 6.07) is 14.0. The predicted octanol–water partition coefficient (Wildman–Crippen LogP) is 3.60. The van der Waals surface area contributed by atoms with Crippen LogP contribution in [0, 0.1) is 0 Å². The maximum atomic E-state index is 12.6. The number of amides is 1. The Kier molecular flexibility index (Phi) is 7.97. The summed E-state index contributed by atoms with van der Waals surface area (Å²) in [7, 11) is 4.93. The Morgan fingerprint density at radius 3 is 2.27 bits per heavy atom. The molecule has 0 saturated carbocycles. The zero-order valence-electron chi connectivity index (χ0n) is 18.1. The molecule has 1 atom stereocenters. The normalized spacial score (nSPS) is 14.9. The molecule has 1 amide bonds. The first-order valence-electron chi connectivity index (χ1n) is 10.5. The molecule has 1 aliphatic rings. The van der Waals surface area contributed by atoms with Gasteiger partial charge in [-0.1, -0.05) is 12.1 Å². The number of likely N-dealkylation sites (tertiary alicyclic amines) is 1. The number of nitrogens with one attached hydrogen (secondary N) is 1. The van der Waals surface area contributed by atoms with Gasteiger partial charge in [0, 0.05) is 19.0 Å². The number of aryl methyl sites for hydroxylation is 1. The Labute approximate surface area is 179 Å². The summed E-state index contributed by atoms with van der Waals surface area (Å²) in [6.45, 7) is 2.70. The molecule has 0 aromatic heterocycles. The van der Waals surface area contributed by atoms with E-state index in [0.29, 0.717) is 19.4 Å². The number of hydrogen-bond acceptors (Lipinski definition) is 5. The average molecular weight is 413 g/mol. The van der Waals surface area contributed by atoms with Crippen LogP contribution in [-0.4, -0.2) is 51.8 Å². The highest BCUT2D eigenvalue weighted by Gasteiger charge is 2.24. The Bertz CT molecular complexity index is 811. The van der Waals surface area contributed by atoms with E-state index in [2.05, 4.69) is 22.3 Å². The van der Waals surface area contributed by atoms with Crippen molar-refractivity contribution in [3.8, 4) is 17.2 Å². The fourth-order valence-electron chi connectivity index (χ4n) is 3.93. The van der Waals surface area contributed by atoms with Crippen LogP contribution in [0.5, 0.6) is 17.2 Å². The van der Waals surface area contributed by atoms with Crippen LogP contribution in [-0.2, 0) is 11.2 Å². The molecule has 0 spiro atoms. The Balaban J connectivity index is 1.60. The molecule has 3 rings (SSSR count). The van der Waals surface area contributed by atoms with Gasteiger partial charge < -0.3 is 19.5 Å². The number of carbonyl (C=O) groups is 1. The van der Waals surface area contributed by atoms with Crippen molar-refractivity contribution in [1.29, 1.82) is 0 Å². The molecule has 1 aliphatic heterocycles. The minimum Gasteiger partial charge on any atom is -0.497 e. The van der Waals surface area contributed by atoms with Crippen LogP contribution in [0.4, 0.5) is 0 Å². The Morgan fingerprint density at radius 2 is 1.63 bits per heavy atom. The standard InChI is InChI=1S/C24H32N2O4/c1-28-20-8-6-7-19(15-20)23(26-11-4-5-12-26)17-25-24(27)10-9-18-13-21(29-2)16-22(14-18)30-3/h6-8,13-16,23H,4-5,9-12,17H2,1-3H3,(H,25,27). The topological polar surface area (TPSA) is 60.0 Å². The van der Waals surface area contributed by atoms with Gasteiger partial charge in [0.25, 0.3) is 0 Å². The van der Waals surface area contributed by atoms with E-state index in [0.717, 1.165) is 35.9 Å². The average Bonchev–Trinajstić information content (AvgIpc) is 3.32. The minimum absolute atomic E-state index is 0.0453. The van der Waals surface area contributed by atoms with Crippen LogP contribution >= 0.6 is 0 Å². The maximum absolute atomic E-state index is 12.6. The molecule has 0 aliphatic carbocycles. The molecule has 6 heteroatoms. The summed E-state index contributed by atoms with van der Waals surface area (Å²) in [4.78, 5) is 15.0. The minimum atomic E-state index is 0.0453. The second kappa shape index (κ2) is 10.9. The van der Waals surface area contributed by atoms with Crippen molar-refractivity contribution in [3.05, 3.63) is 53.6 Å². The summed E-state index contributed by atoms with van der Waals surface area (Å²) in [5.74, 6) is 2.35. The summed E-state index contributed by atoms with van der Waals surface area (Å²) >= 11 is 0. The highest BCUT2D eigenvalue weighted by molar-refractivity contribution is 5.76. The molecule has 6 nitrogen and oxygen atoms in total. The van der Waals surface area contributed by atoms with Crippen molar-refractivity contribution in [1.82, 2.24) is 10.2 Å². The number of hydrogen-bond donors (Lipinski definition) is 1. The fraction of sp³-hybridized carbons (Fsp3) is 0.458. The number of ether oxygens (including phenoxy) is 3. The number of carbonyl (C=O) groups excluding carboxylic acids is 1. The summed E-state index contributed by atoms with van der Waals surface area (Å²) in [5, 5.41) is 3.14. The zero-order chi connectivity index (χ0) is 21.3. The van der Waals surface area contributed by atoms with E-state index >= 15 is 0 Å². The van der Waals surface area contributed by atoms with Crippen molar-refractivity contribution in [2.75, 3.05) is 41.0 Å². The first-order chi connectivity index (χ1) is 14.6. The van der Waals surface area contributed by atoms with Gasteiger partial charge in [-0.15, -0.1) is 0 Å². The summed E-state index contributed by atoms with van der Waals surface area (Å²) in [6.07, 6.45) is 3.45. The third-order valence-corrected chi connectivity index (χ3v) is 5.60. The van der Waals surface area contributed by atoms with Gasteiger partial charge >= 0.3 is 0 Å². The number of rotatable bonds is 10. The van der Waals surface area contributed by atoms with Crippen molar-refractivity contribution in [2.24, 2.45) is 0 Å². The Hall–Kier alpha value is -2.73. The van der Waals surface area contributed by atoms with Gasteiger partial charge in [0.05, 0.1) is 27.4 Å². The zero-order valence-corrected chi connectivity index (χ0v) is 18.1. The molecule has 2 aromatic rings. The smallest absolute Gasteiger partial charge is 0.220 e. The van der Waals surface area contributed by atoms with Crippen LogP contribution in [0.2, 0.25) is 0 Å². The van der Waals surface area contributed by atoms with Gasteiger partial charge in [-0.2, -0.15) is 0 Å². The Morgan fingerprint density at radius 1 is 0.967 bits per heavy atom. The monoisotopic (exact) mass is 412 g/mol. The maximum Gasteiger partial charge on any atom is 0.220 e. The van der Waals surface area contributed by atoms with E-state index in [9.17, 15) is 4.79 Å². The van der Waals surface area contributed by atoms with Crippen molar-refractivity contribution >= 4 is 5.91 Å². The van der Waals surface area contributed by atoms with Crippen molar-refractivity contribution < 1.29 is 19.0 Å². The van der Waals surface area contributed by atoms with E-state index in [1.54, 1.807) is 21.3 Å². The lowest BCUT2D eigenvalue weighted by Gasteiger charge is -2.28. The predicted molar refractivity (Wildman–Crippen MR) is 117 cm³/mol. The van der Waals surface area contributed by atoms with Crippen LogP contribution in [0.1, 0.15) is 36.4 Å². The molecular formula is C24H32N2O4. The van der Waals surface area contributed by atoms with E-state index in [4.69, 9.17) is 14.2 Å². The third-order valence-electron chi connectivity index (χ3n) is 5.60. The molecule has 1 N–H and O–H groups in total. The van der Waals surface area contributed by atoms with E-state index < -0.39 is 0 Å². The number of methoxy groups -OCH3 is 3. The largest absolute Gasteiger partial charge is 0.497 e. The van der Waals surface area contributed by atoms with Gasteiger partial charge in [-0.05, 0) is 67.7 Å². The number of nitrogens with zero attached hydrogens (tertiary/aromatic N) is 1. The molecule has 30 heavy (non-hydrogen) atoms. The first-order valence-corrected chi connectivity index (χ1v) is 10.5. The van der Waals surface area contributed by atoms with Gasteiger partial charge in [0.1, 0.15) is 17.2 Å². The van der Waals surface area contributed by atoms with Crippen molar-refractivity contribution in [2.45, 2.75) is 31.7 Å². The molecule has 0 bridgehead atoms. The van der Waals surface area contributed by atoms with Gasteiger partial charge in [0.2, 0.25) is 5.91 Å². The SMILES string of the molecule is COc1cc(CCC(=O)NCC(c2cccc(OC)c2)N2CCCC2)cc(OC)c1. The molecule has 1 fully saturated rings. The van der Waals surface area contributed by atoms with Crippen LogP contribution in [0.15, 0.2) is 42.5 Å². The quantitative estimate of drug-likeness (QED) is 0.646. The van der Waals surface area contributed by atoms with Gasteiger partial charge in [-0.3, -0.25) is 9.69 Å².